The largest absolute Gasteiger partial charge is 0.416 e. The van der Waals surface area contributed by atoms with Crippen LogP contribution in [-0.4, -0.2) is 5.91 Å². The zero-order valence-electron chi connectivity index (χ0n) is 7.23. The van der Waals surface area contributed by atoms with E-state index in [1.54, 1.807) is 0 Å². The van der Waals surface area contributed by atoms with E-state index >= 15 is 0 Å². The zero-order chi connectivity index (χ0) is 11.8. The van der Waals surface area contributed by atoms with E-state index in [-0.39, 0.29) is 15.7 Å². The summed E-state index contributed by atoms with van der Waals surface area (Å²) in [4.78, 5) is 10.8. The molecule has 1 aromatic rings. The lowest BCUT2D eigenvalue weighted by molar-refractivity contribution is -0.137. The van der Waals surface area contributed by atoms with Crippen molar-refractivity contribution in [2.45, 2.75) is 6.18 Å². The van der Waals surface area contributed by atoms with Crippen LogP contribution in [0, 0.1) is 0 Å². The summed E-state index contributed by atoms with van der Waals surface area (Å²) in [6.07, 6.45) is -4.54. The lowest BCUT2D eigenvalue weighted by Gasteiger charge is -2.11. The van der Waals surface area contributed by atoms with Crippen LogP contribution in [0.3, 0.4) is 0 Å². The highest BCUT2D eigenvalue weighted by atomic mass is 79.9. The van der Waals surface area contributed by atoms with Crippen molar-refractivity contribution in [3.63, 3.8) is 0 Å². The number of carbonyl (C=O) groups is 1. The highest BCUT2D eigenvalue weighted by Gasteiger charge is 2.32. The Kier molecular flexibility index (Phi) is 2.94. The quantitative estimate of drug-likeness (QED) is 0.775. The molecule has 0 aliphatic carbocycles. The number of nitrogen functional groups attached to an aromatic ring is 1. The van der Waals surface area contributed by atoms with Crippen LogP contribution >= 0.6 is 15.9 Å². The number of amides is 1. The number of benzene rings is 1. The van der Waals surface area contributed by atoms with E-state index < -0.39 is 17.6 Å². The summed E-state index contributed by atoms with van der Waals surface area (Å²) in [5, 5.41) is 0. The molecule has 0 fully saturated rings. The summed E-state index contributed by atoms with van der Waals surface area (Å²) < 4.78 is 37.0. The summed E-state index contributed by atoms with van der Waals surface area (Å²) in [7, 11) is 0. The highest BCUT2D eigenvalue weighted by molar-refractivity contribution is 9.10. The first-order chi connectivity index (χ1) is 6.73. The van der Waals surface area contributed by atoms with Gasteiger partial charge < -0.3 is 11.5 Å². The fraction of sp³-hybridized carbons (Fsp3) is 0.125. The molecule has 0 bridgehead atoms. The Bertz CT molecular complexity index is 417. The van der Waals surface area contributed by atoms with Crippen LogP contribution in [0.5, 0.6) is 0 Å². The Hall–Kier alpha value is -1.24. The van der Waals surface area contributed by atoms with E-state index in [9.17, 15) is 18.0 Å². The molecule has 0 saturated heterocycles. The number of nitrogens with two attached hydrogens (primary N) is 2. The lowest BCUT2D eigenvalue weighted by atomic mass is 10.1. The topological polar surface area (TPSA) is 69.1 Å². The summed E-state index contributed by atoms with van der Waals surface area (Å²) >= 11 is 2.82. The third-order valence-electron chi connectivity index (χ3n) is 1.72. The van der Waals surface area contributed by atoms with Gasteiger partial charge in [-0.2, -0.15) is 13.2 Å². The molecule has 4 N–H and O–H groups in total. The standard InChI is InChI=1S/C8H6BrF3N2O/c9-5-2-3(8(10,11)12)1-4(6(5)13)7(14)15/h1-2H,13H2,(H2,14,15). The average Bonchev–Trinajstić information content (AvgIpc) is 2.06. The molecule has 0 spiro atoms. The molecule has 0 aliphatic rings. The van der Waals surface area contributed by atoms with Gasteiger partial charge in [0, 0.05) is 4.47 Å². The molecule has 0 aliphatic heterocycles. The Labute approximate surface area is 91.4 Å². The van der Waals surface area contributed by atoms with E-state index in [0.717, 1.165) is 6.07 Å². The predicted molar refractivity (Wildman–Crippen MR) is 52.1 cm³/mol. The van der Waals surface area contributed by atoms with Gasteiger partial charge in [-0.1, -0.05) is 0 Å². The van der Waals surface area contributed by atoms with Crippen molar-refractivity contribution in [3.8, 4) is 0 Å². The Balaban J connectivity index is 3.43. The molecule has 0 heterocycles. The minimum Gasteiger partial charge on any atom is -0.397 e. The number of anilines is 1. The Morgan fingerprint density at radius 1 is 1.33 bits per heavy atom. The monoisotopic (exact) mass is 282 g/mol. The van der Waals surface area contributed by atoms with Crippen molar-refractivity contribution in [1.82, 2.24) is 0 Å². The van der Waals surface area contributed by atoms with Crippen LogP contribution in [0.1, 0.15) is 15.9 Å². The van der Waals surface area contributed by atoms with Gasteiger partial charge in [0.25, 0.3) is 5.91 Å². The maximum atomic E-state index is 12.3. The molecule has 3 nitrogen and oxygen atoms in total. The number of alkyl halides is 3. The fourth-order valence-corrected chi connectivity index (χ4v) is 1.45. The molecule has 82 valence electrons. The molecule has 0 aromatic heterocycles. The summed E-state index contributed by atoms with van der Waals surface area (Å²) in [6, 6.07) is 1.42. The van der Waals surface area contributed by atoms with Crippen molar-refractivity contribution < 1.29 is 18.0 Å². The number of halogens is 4. The van der Waals surface area contributed by atoms with Gasteiger partial charge in [0.15, 0.2) is 0 Å². The van der Waals surface area contributed by atoms with Gasteiger partial charge >= 0.3 is 6.18 Å². The molecule has 0 radical (unpaired) electrons. The first-order valence-electron chi connectivity index (χ1n) is 3.69. The van der Waals surface area contributed by atoms with E-state index in [4.69, 9.17) is 11.5 Å². The van der Waals surface area contributed by atoms with Crippen LogP contribution in [0.15, 0.2) is 16.6 Å². The summed E-state index contributed by atoms with van der Waals surface area (Å²) in [5.41, 5.74) is 8.84. The maximum Gasteiger partial charge on any atom is 0.416 e. The van der Waals surface area contributed by atoms with Crippen LogP contribution in [-0.2, 0) is 6.18 Å². The van der Waals surface area contributed by atoms with Gasteiger partial charge in [0.2, 0.25) is 0 Å². The van der Waals surface area contributed by atoms with Gasteiger partial charge in [-0.05, 0) is 28.1 Å². The second-order valence-electron chi connectivity index (χ2n) is 2.78. The summed E-state index contributed by atoms with van der Waals surface area (Å²) in [6.45, 7) is 0. The average molecular weight is 283 g/mol. The second-order valence-corrected chi connectivity index (χ2v) is 3.64. The number of primary amides is 1. The SMILES string of the molecule is NC(=O)c1cc(C(F)(F)F)cc(Br)c1N. The van der Waals surface area contributed by atoms with Crippen LogP contribution in [0.2, 0.25) is 0 Å². The smallest absolute Gasteiger partial charge is 0.397 e. The van der Waals surface area contributed by atoms with E-state index in [2.05, 4.69) is 15.9 Å². The minimum absolute atomic E-state index is 0.00822. The van der Waals surface area contributed by atoms with Crippen molar-refractivity contribution >= 4 is 27.5 Å². The molecule has 0 saturated carbocycles. The van der Waals surface area contributed by atoms with E-state index in [1.807, 2.05) is 0 Å². The van der Waals surface area contributed by atoms with Gasteiger partial charge in [-0.15, -0.1) is 0 Å². The number of rotatable bonds is 1. The van der Waals surface area contributed by atoms with Gasteiger partial charge in [0.1, 0.15) is 0 Å². The first kappa shape index (κ1) is 11.8. The zero-order valence-corrected chi connectivity index (χ0v) is 8.82. The number of hydrogen-bond donors (Lipinski definition) is 2. The molecule has 1 rings (SSSR count). The Morgan fingerprint density at radius 2 is 1.87 bits per heavy atom. The minimum atomic E-state index is -4.54. The molecule has 0 unspecified atom stereocenters. The van der Waals surface area contributed by atoms with Crippen molar-refractivity contribution in [1.29, 1.82) is 0 Å². The lowest BCUT2D eigenvalue weighted by Crippen LogP contribution is -2.16. The Morgan fingerprint density at radius 3 is 2.27 bits per heavy atom. The van der Waals surface area contributed by atoms with Gasteiger partial charge in [-0.25, -0.2) is 0 Å². The third kappa shape index (κ3) is 2.41. The van der Waals surface area contributed by atoms with Crippen LogP contribution < -0.4 is 11.5 Å². The third-order valence-corrected chi connectivity index (χ3v) is 2.38. The molecule has 15 heavy (non-hydrogen) atoms. The number of hydrogen-bond acceptors (Lipinski definition) is 2. The molecule has 1 amide bonds. The van der Waals surface area contributed by atoms with E-state index in [1.165, 1.54) is 0 Å². The second kappa shape index (κ2) is 3.73. The van der Waals surface area contributed by atoms with E-state index in [0.29, 0.717) is 6.07 Å². The molecule has 7 heteroatoms. The predicted octanol–water partition coefficient (Wildman–Crippen LogP) is 2.15. The molecular formula is C8H6BrF3N2O. The summed E-state index contributed by atoms with van der Waals surface area (Å²) in [5.74, 6) is -1.00. The van der Waals surface area contributed by atoms with Crippen LogP contribution in [0.4, 0.5) is 18.9 Å². The van der Waals surface area contributed by atoms with Crippen molar-refractivity contribution in [2.24, 2.45) is 5.73 Å². The maximum absolute atomic E-state index is 12.3. The van der Waals surface area contributed by atoms with Gasteiger partial charge in [-0.3, -0.25) is 4.79 Å². The first-order valence-corrected chi connectivity index (χ1v) is 4.49. The van der Waals surface area contributed by atoms with Crippen molar-refractivity contribution in [3.05, 3.63) is 27.7 Å². The fourth-order valence-electron chi connectivity index (χ4n) is 0.985. The highest BCUT2D eigenvalue weighted by Crippen LogP contribution is 2.34. The van der Waals surface area contributed by atoms with Crippen molar-refractivity contribution in [2.75, 3.05) is 5.73 Å². The normalized spacial score (nSPS) is 11.5. The van der Waals surface area contributed by atoms with Crippen LogP contribution in [0.25, 0.3) is 0 Å². The molecule has 1 aromatic carbocycles. The molecule has 0 atom stereocenters. The molecular weight excluding hydrogens is 277 g/mol. The number of carbonyl (C=O) groups excluding carboxylic acids is 1. The van der Waals surface area contributed by atoms with Gasteiger partial charge in [0.05, 0.1) is 16.8 Å².